The molecular formula is C20H29N3O2. The summed E-state index contributed by atoms with van der Waals surface area (Å²) >= 11 is 0. The highest BCUT2D eigenvalue weighted by atomic mass is 16.2. The van der Waals surface area contributed by atoms with Crippen LogP contribution in [0.4, 0.5) is 5.69 Å². The van der Waals surface area contributed by atoms with Crippen LogP contribution in [0.25, 0.3) is 0 Å². The van der Waals surface area contributed by atoms with Crippen molar-refractivity contribution in [3.63, 3.8) is 0 Å². The fraction of sp³-hybridized carbons (Fsp3) is 0.600. The highest BCUT2D eigenvalue weighted by Gasteiger charge is 2.22. The SMILES string of the molecule is CC(CC(=O)NCc1ccc(N2CCCC2=O)cc1)C1CCNCC1. The van der Waals surface area contributed by atoms with Crippen LogP contribution in [-0.4, -0.2) is 31.4 Å². The molecule has 0 bridgehead atoms. The zero-order valence-electron chi connectivity index (χ0n) is 15.1. The number of nitrogens with zero attached hydrogens (tertiary/aromatic N) is 1. The van der Waals surface area contributed by atoms with Gasteiger partial charge in [-0.3, -0.25) is 9.59 Å². The van der Waals surface area contributed by atoms with Crippen molar-refractivity contribution in [2.45, 2.75) is 45.6 Å². The van der Waals surface area contributed by atoms with E-state index in [0.717, 1.165) is 37.3 Å². The van der Waals surface area contributed by atoms with Gasteiger partial charge in [0.25, 0.3) is 0 Å². The number of nitrogens with one attached hydrogen (secondary N) is 2. The van der Waals surface area contributed by atoms with Crippen molar-refractivity contribution >= 4 is 17.5 Å². The molecule has 1 aromatic carbocycles. The average molecular weight is 343 g/mol. The maximum atomic E-state index is 12.2. The molecule has 25 heavy (non-hydrogen) atoms. The second-order valence-electron chi connectivity index (χ2n) is 7.36. The highest BCUT2D eigenvalue weighted by molar-refractivity contribution is 5.95. The average Bonchev–Trinajstić information content (AvgIpc) is 3.07. The molecule has 2 fully saturated rings. The molecule has 2 aliphatic heterocycles. The normalized spacial score (nSPS) is 19.9. The molecule has 1 unspecified atom stereocenters. The third-order valence-electron chi connectivity index (χ3n) is 5.51. The Kier molecular flexibility index (Phi) is 6.08. The number of rotatable bonds is 6. The van der Waals surface area contributed by atoms with Crippen LogP contribution in [0, 0.1) is 11.8 Å². The van der Waals surface area contributed by atoms with Crippen molar-refractivity contribution in [2.24, 2.45) is 11.8 Å². The first-order valence-electron chi connectivity index (χ1n) is 9.50. The maximum absolute atomic E-state index is 12.2. The molecule has 3 rings (SSSR count). The van der Waals surface area contributed by atoms with Gasteiger partial charge in [0.1, 0.15) is 0 Å². The summed E-state index contributed by atoms with van der Waals surface area (Å²) in [5.41, 5.74) is 2.02. The molecule has 2 saturated heterocycles. The van der Waals surface area contributed by atoms with Crippen LogP contribution in [0.15, 0.2) is 24.3 Å². The van der Waals surface area contributed by atoms with Gasteiger partial charge in [-0.1, -0.05) is 19.1 Å². The van der Waals surface area contributed by atoms with Gasteiger partial charge in [0.2, 0.25) is 11.8 Å². The van der Waals surface area contributed by atoms with E-state index >= 15 is 0 Å². The first kappa shape index (κ1) is 17.9. The summed E-state index contributed by atoms with van der Waals surface area (Å²) in [6.45, 7) is 5.69. The van der Waals surface area contributed by atoms with E-state index in [1.54, 1.807) is 0 Å². The van der Waals surface area contributed by atoms with Gasteiger partial charge in [-0.25, -0.2) is 0 Å². The lowest BCUT2D eigenvalue weighted by atomic mass is 9.84. The first-order chi connectivity index (χ1) is 12.1. The fourth-order valence-electron chi connectivity index (χ4n) is 3.86. The van der Waals surface area contributed by atoms with Gasteiger partial charge in [-0.05, 0) is 61.9 Å². The van der Waals surface area contributed by atoms with Gasteiger partial charge in [0.15, 0.2) is 0 Å². The van der Waals surface area contributed by atoms with E-state index in [1.165, 1.54) is 12.8 Å². The predicted octanol–water partition coefficient (Wildman–Crippen LogP) is 2.46. The second-order valence-corrected chi connectivity index (χ2v) is 7.36. The summed E-state index contributed by atoms with van der Waals surface area (Å²) in [6, 6.07) is 7.94. The molecule has 0 aliphatic carbocycles. The van der Waals surface area contributed by atoms with Crippen LogP contribution in [-0.2, 0) is 16.1 Å². The van der Waals surface area contributed by atoms with Crippen molar-refractivity contribution in [1.29, 1.82) is 0 Å². The van der Waals surface area contributed by atoms with E-state index in [2.05, 4.69) is 17.6 Å². The Balaban J connectivity index is 1.44. The summed E-state index contributed by atoms with van der Waals surface area (Å²) in [5.74, 6) is 1.42. The summed E-state index contributed by atoms with van der Waals surface area (Å²) in [7, 11) is 0. The highest BCUT2D eigenvalue weighted by Crippen LogP contribution is 2.24. The van der Waals surface area contributed by atoms with Gasteiger partial charge < -0.3 is 15.5 Å². The number of benzene rings is 1. The van der Waals surface area contributed by atoms with Gasteiger partial charge in [0.05, 0.1) is 0 Å². The van der Waals surface area contributed by atoms with Crippen LogP contribution in [0.1, 0.15) is 44.6 Å². The Morgan fingerprint density at radius 2 is 2.00 bits per heavy atom. The Labute approximate surface area is 150 Å². The van der Waals surface area contributed by atoms with Crippen LogP contribution < -0.4 is 15.5 Å². The number of hydrogen-bond acceptors (Lipinski definition) is 3. The molecule has 2 N–H and O–H groups in total. The van der Waals surface area contributed by atoms with Crippen LogP contribution in [0.2, 0.25) is 0 Å². The zero-order chi connectivity index (χ0) is 17.6. The Hall–Kier alpha value is -1.88. The van der Waals surface area contributed by atoms with Crippen molar-refractivity contribution in [2.75, 3.05) is 24.5 Å². The number of carbonyl (C=O) groups excluding carboxylic acids is 2. The summed E-state index contributed by atoms with van der Waals surface area (Å²) < 4.78 is 0. The lowest BCUT2D eigenvalue weighted by Gasteiger charge is -2.27. The van der Waals surface area contributed by atoms with E-state index < -0.39 is 0 Å². The lowest BCUT2D eigenvalue weighted by molar-refractivity contribution is -0.122. The molecule has 2 aliphatic rings. The monoisotopic (exact) mass is 343 g/mol. The molecule has 5 heteroatoms. The largest absolute Gasteiger partial charge is 0.352 e. The third-order valence-corrected chi connectivity index (χ3v) is 5.51. The molecule has 0 radical (unpaired) electrons. The molecule has 0 spiro atoms. The molecule has 1 aromatic rings. The third kappa shape index (κ3) is 4.82. The number of amides is 2. The Morgan fingerprint density at radius 1 is 1.28 bits per heavy atom. The summed E-state index contributed by atoms with van der Waals surface area (Å²) in [4.78, 5) is 25.8. The number of carbonyl (C=O) groups is 2. The molecule has 2 amide bonds. The number of piperidine rings is 1. The second kappa shape index (κ2) is 8.48. The lowest BCUT2D eigenvalue weighted by Crippen LogP contribution is -2.33. The van der Waals surface area contributed by atoms with Crippen molar-refractivity contribution in [3.8, 4) is 0 Å². The summed E-state index contributed by atoms with van der Waals surface area (Å²) in [5, 5.41) is 6.40. The van der Waals surface area contributed by atoms with Crippen molar-refractivity contribution in [1.82, 2.24) is 10.6 Å². The molecule has 1 atom stereocenters. The first-order valence-corrected chi connectivity index (χ1v) is 9.50. The molecule has 2 heterocycles. The van der Waals surface area contributed by atoms with Gasteiger partial charge in [0, 0.05) is 31.6 Å². The van der Waals surface area contributed by atoms with Gasteiger partial charge in [-0.2, -0.15) is 0 Å². The molecule has 0 aromatic heterocycles. The minimum atomic E-state index is 0.129. The Bertz CT molecular complexity index is 593. The molecule has 136 valence electrons. The maximum Gasteiger partial charge on any atom is 0.227 e. The van der Waals surface area contributed by atoms with Crippen LogP contribution in [0.3, 0.4) is 0 Å². The topological polar surface area (TPSA) is 61.4 Å². The van der Waals surface area contributed by atoms with Crippen LogP contribution >= 0.6 is 0 Å². The van der Waals surface area contributed by atoms with E-state index in [0.29, 0.717) is 31.2 Å². The van der Waals surface area contributed by atoms with E-state index in [9.17, 15) is 9.59 Å². The minimum absolute atomic E-state index is 0.129. The number of anilines is 1. The standard InChI is InChI=1S/C20H29N3O2/c1-15(17-8-10-21-11-9-17)13-19(24)22-14-16-4-6-18(7-5-16)23-12-2-3-20(23)25/h4-7,15,17,21H,2-3,8-14H2,1H3,(H,22,24). The molecule has 0 saturated carbocycles. The smallest absolute Gasteiger partial charge is 0.227 e. The Morgan fingerprint density at radius 3 is 2.64 bits per heavy atom. The number of hydrogen-bond donors (Lipinski definition) is 2. The van der Waals surface area contributed by atoms with Gasteiger partial charge in [-0.15, -0.1) is 0 Å². The predicted molar refractivity (Wildman–Crippen MR) is 99.3 cm³/mol. The zero-order valence-corrected chi connectivity index (χ0v) is 15.1. The molecule has 5 nitrogen and oxygen atoms in total. The van der Waals surface area contributed by atoms with Crippen molar-refractivity contribution in [3.05, 3.63) is 29.8 Å². The van der Waals surface area contributed by atoms with E-state index in [4.69, 9.17) is 0 Å². The van der Waals surface area contributed by atoms with E-state index in [1.807, 2.05) is 29.2 Å². The van der Waals surface area contributed by atoms with Crippen LogP contribution in [0.5, 0.6) is 0 Å². The quantitative estimate of drug-likeness (QED) is 0.834. The van der Waals surface area contributed by atoms with E-state index in [-0.39, 0.29) is 11.8 Å². The van der Waals surface area contributed by atoms with Crippen molar-refractivity contribution < 1.29 is 9.59 Å². The fourth-order valence-corrected chi connectivity index (χ4v) is 3.86. The van der Waals surface area contributed by atoms with Gasteiger partial charge >= 0.3 is 0 Å². The molecular weight excluding hydrogens is 314 g/mol. The minimum Gasteiger partial charge on any atom is -0.352 e. The summed E-state index contributed by atoms with van der Waals surface area (Å²) in [6.07, 6.45) is 4.53.